The first kappa shape index (κ1) is 21.1. The Morgan fingerprint density at radius 2 is 1.78 bits per heavy atom. The molecule has 1 aromatic heterocycles. The number of aromatic nitrogens is 2. The molecule has 0 saturated heterocycles. The first-order valence-corrected chi connectivity index (χ1v) is 9.95. The van der Waals surface area contributed by atoms with Gasteiger partial charge in [0.25, 0.3) is 5.91 Å². The molecule has 0 atom stereocenters. The van der Waals surface area contributed by atoms with Gasteiger partial charge in [0.2, 0.25) is 0 Å². The van der Waals surface area contributed by atoms with E-state index in [1.54, 1.807) is 50.2 Å². The Morgan fingerprint density at radius 3 is 2.47 bits per heavy atom. The molecule has 0 aliphatic heterocycles. The van der Waals surface area contributed by atoms with Gasteiger partial charge in [0.1, 0.15) is 23.0 Å². The molecule has 1 N–H and O–H groups in total. The number of hydrogen-bond donors (Lipinski definition) is 1. The van der Waals surface area contributed by atoms with Crippen LogP contribution >= 0.6 is 0 Å². The molecule has 0 saturated carbocycles. The summed E-state index contributed by atoms with van der Waals surface area (Å²) in [5, 5.41) is 7.56. The Kier molecular flexibility index (Phi) is 5.89. The minimum absolute atomic E-state index is 0.337. The van der Waals surface area contributed by atoms with Crippen molar-refractivity contribution in [3.8, 4) is 28.4 Å². The lowest BCUT2D eigenvalue weighted by Gasteiger charge is -2.11. The van der Waals surface area contributed by atoms with Crippen molar-refractivity contribution in [3.05, 3.63) is 89.9 Å². The number of anilines is 1. The summed E-state index contributed by atoms with van der Waals surface area (Å²) in [6.07, 6.45) is 1.66. The van der Waals surface area contributed by atoms with Crippen LogP contribution in [-0.4, -0.2) is 29.9 Å². The second-order valence-electron chi connectivity index (χ2n) is 7.15. The summed E-state index contributed by atoms with van der Waals surface area (Å²) in [4.78, 5) is 13.3. The summed E-state index contributed by atoms with van der Waals surface area (Å²) in [6.45, 7) is 1.73. The van der Waals surface area contributed by atoms with Crippen molar-refractivity contribution in [1.29, 1.82) is 0 Å². The van der Waals surface area contributed by atoms with E-state index in [-0.39, 0.29) is 11.7 Å². The van der Waals surface area contributed by atoms with E-state index in [9.17, 15) is 9.18 Å². The molecule has 0 spiro atoms. The number of hydrogen-bond acceptors (Lipinski definition) is 4. The quantitative estimate of drug-likeness (QED) is 0.453. The Morgan fingerprint density at radius 1 is 1.00 bits per heavy atom. The number of benzene rings is 3. The number of methoxy groups -OCH3 is 2. The first-order valence-electron chi connectivity index (χ1n) is 9.95. The van der Waals surface area contributed by atoms with Gasteiger partial charge in [-0.3, -0.25) is 4.79 Å². The molecule has 1 heterocycles. The van der Waals surface area contributed by atoms with Crippen LogP contribution in [0.1, 0.15) is 15.9 Å². The van der Waals surface area contributed by atoms with Gasteiger partial charge in [-0.25, -0.2) is 9.07 Å². The van der Waals surface area contributed by atoms with Gasteiger partial charge in [-0.1, -0.05) is 18.2 Å². The second-order valence-corrected chi connectivity index (χ2v) is 7.15. The minimum Gasteiger partial charge on any atom is -0.497 e. The Hall–Kier alpha value is -4.13. The average molecular weight is 431 g/mol. The number of amides is 1. The monoisotopic (exact) mass is 431 g/mol. The number of carbonyl (C=O) groups is 1. The van der Waals surface area contributed by atoms with Crippen LogP contribution < -0.4 is 14.8 Å². The third-order valence-electron chi connectivity index (χ3n) is 5.08. The van der Waals surface area contributed by atoms with Crippen molar-refractivity contribution in [3.63, 3.8) is 0 Å². The molecule has 32 heavy (non-hydrogen) atoms. The van der Waals surface area contributed by atoms with Crippen LogP contribution in [0.15, 0.2) is 72.9 Å². The molecule has 1 amide bonds. The van der Waals surface area contributed by atoms with E-state index < -0.39 is 0 Å². The van der Waals surface area contributed by atoms with Gasteiger partial charge in [-0.05, 0) is 61.0 Å². The third-order valence-corrected chi connectivity index (χ3v) is 5.08. The average Bonchev–Trinajstić information content (AvgIpc) is 3.26. The largest absolute Gasteiger partial charge is 0.497 e. The van der Waals surface area contributed by atoms with Crippen LogP contribution in [-0.2, 0) is 0 Å². The zero-order chi connectivity index (χ0) is 22.7. The number of carbonyl (C=O) groups excluding carboxylic acids is 1. The number of para-hydroxylation sites is 1. The molecule has 4 aromatic rings. The fourth-order valence-electron chi connectivity index (χ4n) is 3.41. The van der Waals surface area contributed by atoms with Gasteiger partial charge in [0.15, 0.2) is 0 Å². The molecule has 4 rings (SSSR count). The van der Waals surface area contributed by atoms with Crippen LogP contribution in [0.5, 0.6) is 11.5 Å². The van der Waals surface area contributed by atoms with E-state index in [4.69, 9.17) is 14.6 Å². The Bertz CT molecular complexity index is 1270. The van der Waals surface area contributed by atoms with Gasteiger partial charge in [0.05, 0.1) is 25.5 Å². The zero-order valence-electron chi connectivity index (χ0n) is 17.9. The van der Waals surface area contributed by atoms with E-state index in [1.807, 2.05) is 30.3 Å². The summed E-state index contributed by atoms with van der Waals surface area (Å²) in [7, 11) is 3.13. The normalized spacial score (nSPS) is 10.6. The maximum atomic E-state index is 13.5. The molecule has 0 fully saturated rings. The van der Waals surface area contributed by atoms with Crippen LogP contribution in [0.2, 0.25) is 0 Å². The molecule has 7 heteroatoms. The molecule has 6 nitrogen and oxygen atoms in total. The standard InChI is InChI=1S/C25H22FN3O3/c1-16-13-17(26)9-11-22(16)27-25(30)21-15-29(18-7-5-4-6-8-18)28-24(21)20-14-19(31-2)10-12-23(20)32-3/h4-15H,1-3H3,(H,27,30). The number of nitrogens with zero attached hydrogens (tertiary/aromatic N) is 2. The molecule has 0 aliphatic rings. The third kappa shape index (κ3) is 4.18. The highest BCUT2D eigenvalue weighted by Gasteiger charge is 2.22. The number of nitrogens with one attached hydrogen (secondary N) is 1. The van der Waals surface area contributed by atoms with Gasteiger partial charge in [-0.2, -0.15) is 5.10 Å². The molecular formula is C25H22FN3O3. The van der Waals surface area contributed by atoms with Gasteiger partial charge in [-0.15, -0.1) is 0 Å². The van der Waals surface area contributed by atoms with E-state index in [1.165, 1.54) is 18.2 Å². The molecule has 0 radical (unpaired) electrons. The Labute approximate surface area is 185 Å². The highest BCUT2D eigenvalue weighted by Crippen LogP contribution is 2.35. The van der Waals surface area contributed by atoms with Crippen molar-refractivity contribution in [1.82, 2.24) is 9.78 Å². The van der Waals surface area contributed by atoms with Crippen molar-refractivity contribution in [2.75, 3.05) is 19.5 Å². The van der Waals surface area contributed by atoms with Crippen molar-refractivity contribution >= 4 is 11.6 Å². The molecule has 0 aliphatic carbocycles. The first-order chi connectivity index (χ1) is 15.5. The van der Waals surface area contributed by atoms with Gasteiger partial charge < -0.3 is 14.8 Å². The molecule has 0 bridgehead atoms. The molecule has 3 aromatic carbocycles. The van der Waals surface area contributed by atoms with Crippen LogP contribution in [0.3, 0.4) is 0 Å². The molecule has 162 valence electrons. The van der Waals surface area contributed by atoms with E-state index in [2.05, 4.69) is 5.32 Å². The SMILES string of the molecule is COc1ccc(OC)c(-c2nn(-c3ccccc3)cc2C(=O)Nc2ccc(F)cc2C)c1. The molecular weight excluding hydrogens is 409 g/mol. The summed E-state index contributed by atoms with van der Waals surface area (Å²) in [5.74, 6) is 0.424. The maximum absolute atomic E-state index is 13.5. The van der Waals surface area contributed by atoms with E-state index in [0.29, 0.717) is 39.6 Å². The van der Waals surface area contributed by atoms with E-state index >= 15 is 0 Å². The van der Waals surface area contributed by atoms with Crippen molar-refractivity contribution in [2.24, 2.45) is 0 Å². The lowest BCUT2D eigenvalue weighted by Crippen LogP contribution is -2.13. The highest BCUT2D eigenvalue weighted by molar-refractivity contribution is 6.08. The zero-order valence-corrected chi connectivity index (χ0v) is 17.9. The van der Waals surface area contributed by atoms with Crippen LogP contribution in [0.4, 0.5) is 10.1 Å². The fourth-order valence-corrected chi connectivity index (χ4v) is 3.41. The summed E-state index contributed by atoms with van der Waals surface area (Å²) < 4.78 is 26.0. The summed E-state index contributed by atoms with van der Waals surface area (Å²) in [5.41, 5.74) is 3.32. The number of rotatable bonds is 6. The Balaban J connectivity index is 1.84. The highest BCUT2D eigenvalue weighted by atomic mass is 19.1. The van der Waals surface area contributed by atoms with Crippen molar-refractivity contribution < 1.29 is 18.7 Å². The van der Waals surface area contributed by atoms with Crippen LogP contribution in [0, 0.1) is 12.7 Å². The van der Waals surface area contributed by atoms with E-state index in [0.717, 1.165) is 5.69 Å². The lowest BCUT2D eigenvalue weighted by molar-refractivity contribution is 0.102. The number of halogens is 1. The van der Waals surface area contributed by atoms with Crippen molar-refractivity contribution in [2.45, 2.75) is 6.92 Å². The predicted molar refractivity (Wildman–Crippen MR) is 121 cm³/mol. The summed E-state index contributed by atoms with van der Waals surface area (Å²) in [6, 6.07) is 19.0. The minimum atomic E-state index is -0.373. The summed E-state index contributed by atoms with van der Waals surface area (Å²) >= 11 is 0. The molecule has 0 unspecified atom stereocenters. The van der Waals surface area contributed by atoms with Gasteiger partial charge >= 0.3 is 0 Å². The van der Waals surface area contributed by atoms with Gasteiger partial charge in [0, 0.05) is 17.4 Å². The number of ether oxygens (including phenoxy) is 2. The lowest BCUT2D eigenvalue weighted by atomic mass is 10.1. The predicted octanol–water partition coefficient (Wildman–Crippen LogP) is 5.26. The number of aryl methyl sites for hydroxylation is 1. The smallest absolute Gasteiger partial charge is 0.259 e. The maximum Gasteiger partial charge on any atom is 0.259 e. The fraction of sp³-hybridized carbons (Fsp3) is 0.120. The second kappa shape index (κ2) is 8.93. The topological polar surface area (TPSA) is 65.4 Å². The van der Waals surface area contributed by atoms with Crippen LogP contribution in [0.25, 0.3) is 16.9 Å².